The van der Waals surface area contributed by atoms with Gasteiger partial charge in [0.1, 0.15) is 0 Å². The maximum absolute atomic E-state index is 12.2. The Hall–Kier alpha value is -1.11. The first kappa shape index (κ1) is 12.3. The minimum Gasteiger partial charge on any atom is -0.294 e. The summed E-state index contributed by atoms with van der Waals surface area (Å²) in [5.41, 5.74) is 3.39. The molecule has 0 unspecified atom stereocenters. The number of hydrogen-bond donors (Lipinski definition) is 0. The van der Waals surface area contributed by atoms with E-state index in [-0.39, 0.29) is 0 Å². The number of aryl methyl sites for hydroxylation is 2. The summed E-state index contributed by atoms with van der Waals surface area (Å²) < 4.78 is 0. The molecule has 2 rings (SSSR count). The third-order valence-corrected chi connectivity index (χ3v) is 4.03. The van der Waals surface area contributed by atoms with E-state index >= 15 is 0 Å². The van der Waals surface area contributed by atoms with Crippen molar-refractivity contribution in [3.63, 3.8) is 0 Å². The summed E-state index contributed by atoms with van der Waals surface area (Å²) in [7, 11) is 0. The standard InChI is InChI=1S/C16H22O/c1-12-8-9-15(10-13(12)2)16(17)11-14-6-4-3-5-7-14/h8-10,14H,3-7,11H2,1-2H3. The van der Waals surface area contributed by atoms with Gasteiger partial charge in [0, 0.05) is 12.0 Å². The summed E-state index contributed by atoms with van der Waals surface area (Å²) in [6, 6.07) is 6.08. The molecular formula is C16H22O. The molecule has 1 heteroatoms. The van der Waals surface area contributed by atoms with Crippen LogP contribution in [0, 0.1) is 19.8 Å². The molecule has 1 aliphatic rings. The molecule has 1 saturated carbocycles. The van der Waals surface area contributed by atoms with Crippen LogP contribution in [-0.2, 0) is 0 Å². The van der Waals surface area contributed by atoms with Crippen molar-refractivity contribution >= 4 is 5.78 Å². The molecule has 1 nitrogen and oxygen atoms in total. The predicted molar refractivity (Wildman–Crippen MR) is 71.4 cm³/mol. The lowest BCUT2D eigenvalue weighted by Gasteiger charge is -2.20. The first-order valence-electron chi connectivity index (χ1n) is 6.77. The fraction of sp³-hybridized carbons (Fsp3) is 0.562. The fourth-order valence-electron chi connectivity index (χ4n) is 2.69. The Morgan fingerprint density at radius 1 is 1.12 bits per heavy atom. The number of hydrogen-bond acceptors (Lipinski definition) is 1. The first-order chi connectivity index (χ1) is 8.16. The predicted octanol–water partition coefficient (Wildman–Crippen LogP) is 4.46. The van der Waals surface area contributed by atoms with Crippen LogP contribution in [0.5, 0.6) is 0 Å². The van der Waals surface area contributed by atoms with Crippen LogP contribution >= 0.6 is 0 Å². The molecule has 1 fully saturated rings. The van der Waals surface area contributed by atoms with Crippen LogP contribution in [0.4, 0.5) is 0 Å². The molecule has 0 aromatic heterocycles. The van der Waals surface area contributed by atoms with E-state index in [1.54, 1.807) is 0 Å². The molecule has 0 saturated heterocycles. The highest BCUT2D eigenvalue weighted by Crippen LogP contribution is 2.27. The van der Waals surface area contributed by atoms with Crippen molar-refractivity contribution < 1.29 is 4.79 Å². The minimum atomic E-state index is 0.333. The van der Waals surface area contributed by atoms with E-state index in [9.17, 15) is 4.79 Å². The van der Waals surface area contributed by atoms with E-state index in [4.69, 9.17) is 0 Å². The Morgan fingerprint density at radius 3 is 2.47 bits per heavy atom. The maximum Gasteiger partial charge on any atom is 0.163 e. The monoisotopic (exact) mass is 230 g/mol. The highest BCUT2D eigenvalue weighted by molar-refractivity contribution is 5.96. The second kappa shape index (κ2) is 5.48. The fourth-order valence-corrected chi connectivity index (χ4v) is 2.69. The van der Waals surface area contributed by atoms with Crippen molar-refractivity contribution in [3.8, 4) is 0 Å². The Morgan fingerprint density at radius 2 is 1.82 bits per heavy atom. The summed E-state index contributed by atoms with van der Waals surface area (Å²) in [5, 5.41) is 0. The van der Waals surface area contributed by atoms with Crippen LogP contribution in [0.3, 0.4) is 0 Å². The SMILES string of the molecule is Cc1ccc(C(=O)CC2CCCCC2)cc1C. The van der Waals surface area contributed by atoms with Gasteiger partial charge in [0.15, 0.2) is 5.78 Å². The lowest BCUT2D eigenvalue weighted by Crippen LogP contribution is -2.12. The molecular weight excluding hydrogens is 208 g/mol. The van der Waals surface area contributed by atoms with Gasteiger partial charge >= 0.3 is 0 Å². The molecule has 0 heterocycles. The third kappa shape index (κ3) is 3.18. The first-order valence-corrected chi connectivity index (χ1v) is 6.77. The Balaban J connectivity index is 2.01. The zero-order valence-electron chi connectivity index (χ0n) is 11.0. The molecule has 0 N–H and O–H groups in total. The van der Waals surface area contributed by atoms with Crippen LogP contribution in [0.1, 0.15) is 60.0 Å². The Kier molecular flexibility index (Phi) is 3.98. The van der Waals surface area contributed by atoms with Crippen LogP contribution in [0.15, 0.2) is 18.2 Å². The molecule has 0 spiro atoms. The van der Waals surface area contributed by atoms with Gasteiger partial charge < -0.3 is 0 Å². The molecule has 1 aliphatic carbocycles. The molecule has 0 amide bonds. The van der Waals surface area contributed by atoms with E-state index in [1.165, 1.54) is 43.2 Å². The molecule has 0 atom stereocenters. The normalized spacial score (nSPS) is 17.1. The Labute approximate surface area is 104 Å². The average molecular weight is 230 g/mol. The van der Waals surface area contributed by atoms with Gasteiger partial charge in [-0.15, -0.1) is 0 Å². The van der Waals surface area contributed by atoms with Crippen LogP contribution in [0.2, 0.25) is 0 Å². The van der Waals surface area contributed by atoms with Crippen molar-refractivity contribution in [1.29, 1.82) is 0 Å². The summed E-state index contributed by atoms with van der Waals surface area (Å²) >= 11 is 0. The summed E-state index contributed by atoms with van der Waals surface area (Å²) in [4.78, 5) is 12.2. The van der Waals surface area contributed by atoms with Crippen molar-refractivity contribution in [2.24, 2.45) is 5.92 Å². The molecule has 17 heavy (non-hydrogen) atoms. The van der Waals surface area contributed by atoms with E-state index < -0.39 is 0 Å². The van der Waals surface area contributed by atoms with Gasteiger partial charge in [-0.25, -0.2) is 0 Å². The van der Waals surface area contributed by atoms with Crippen molar-refractivity contribution in [3.05, 3.63) is 34.9 Å². The lowest BCUT2D eigenvalue weighted by atomic mass is 9.84. The van der Waals surface area contributed by atoms with Gasteiger partial charge in [-0.3, -0.25) is 4.79 Å². The van der Waals surface area contributed by atoms with Gasteiger partial charge in [0.25, 0.3) is 0 Å². The number of carbonyl (C=O) groups excluding carboxylic acids is 1. The van der Waals surface area contributed by atoms with Gasteiger partial charge in [0.2, 0.25) is 0 Å². The van der Waals surface area contributed by atoms with Crippen LogP contribution in [0.25, 0.3) is 0 Å². The zero-order chi connectivity index (χ0) is 12.3. The van der Waals surface area contributed by atoms with Gasteiger partial charge in [-0.2, -0.15) is 0 Å². The zero-order valence-corrected chi connectivity index (χ0v) is 11.0. The third-order valence-electron chi connectivity index (χ3n) is 4.03. The second-order valence-electron chi connectivity index (χ2n) is 5.43. The minimum absolute atomic E-state index is 0.333. The second-order valence-corrected chi connectivity index (χ2v) is 5.43. The average Bonchev–Trinajstić information content (AvgIpc) is 2.34. The molecule has 0 radical (unpaired) electrons. The van der Waals surface area contributed by atoms with Crippen molar-refractivity contribution in [1.82, 2.24) is 0 Å². The Bertz CT molecular complexity index is 400. The number of ketones is 1. The highest BCUT2D eigenvalue weighted by Gasteiger charge is 2.18. The van der Waals surface area contributed by atoms with Crippen LogP contribution in [-0.4, -0.2) is 5.78 Å². The molecule has 0 aliphatic heterocycles. The number of Topliss-reactive ketones (excluding diaryl/α,β-unsaturated/α-hetero) is 1. The topological polar surface area (TPSA) is 17.1 Å². The van der Waals surface area contributed by atoms with Gasteiger partial charge in [0.05, 0.1) is 0 Å². The van der Waals surface area contributed by atoms with E-state index in [1.807, 2.05) is 12.1 Å². The quantitative estimate of drug-likeness (QED) is 0.701. The number of benzene rings is 1. The van der Waals surface area contributed by atoms with E-state index in [0.29, 0.717) is 11.7 Å². The van der Waals surface area contributed by atoms with Gasteiger partial charge in [-0.1, -0.05) is 44.2 Å². The maximum atomic E-state index is 12.2. The number of rotatable bonds is 3. The smallest absolute Gasteiger partial charge is 0.163 e. The summed E-state index contributed by atoms with van der Waals surface area (Å²) in [6.07, 6.45) is 7.22. The van der Waals surface area contributed by atoms with Crippen LogP contribution < -0.4 is 0 Å². The molecule has 1 aromatic carbocycles. The largest absolute Gasteiger partial charge is 0.294 e. The summed E-state index contributed by atoms with van der Waals surface area (Å²) in [5.74, 6) is 0.970. The van der Waals surface area contributed by atoms with E-state index in [0.717, 1.165) is 12.0 Å². The molecule has 0 bridgehead atoms. The lowest BCUT2D eigenvalue weighted by molar-refractivity contribution is 0.0950. The van der Waals surface area contributed by atoms with E-state index in [2.05, 4.69) is 19.9 Å². The highest BCUT2D eigenvalue weighted by atomic mass is 16.1. The number of carbonyl (C=O) groups is 1. The summed E-state index contributed by atoms with van der Waals surface area (Å²) in [6.45, 7) is 4.16. The van der Waals surface area contributed by atoms with Crippen molar-refractivity contribution in [2.75, 3.05) is 0 Å². The van der Waals surface area contributed by atoms with Gasteiger partial charge in [-0.05, 0) is 37.0 Å². The van der Waals surface area contributed by atoms with Crippen molar-refractivity contribution in [2.45, 2.75) is 52.4 Å². The molecule has 92 valence electrons. The molecule has 1 aromatic rings.